The van der Waals surface area contributed by atoms with Crippen LogP contribution in [0.3, 0.4) is 0 Å². The largest absolute Gasteiger partial charge is 0.435 e. The summed E-state index contributed by atoms with van der Waals surface area (Å²) in [6, 6.07) is 5.88. The SMILES string of the molecule is CCNC(=NCC(O)c1ccc(OC(F)F)cc1)NCCCOC(C)C.I. The van der Waals surface area contributed by atoms with Crippen molar-refractivity contribution in [1.29, 1.82) is 0 Å². The molecule has 6 nitrogen and oxygen atoms in total. The van der Waals surface area contributed by atoms with Crippen LogP contribution in [0.15, 0.2) is 29.3 Å². The molecule has 27 heavy (non-hydrogen) atoms. The number of aliphatic hydroxyl groups excluding tert-OH is 1. The molecule has 3 N–H and O–H groups in total. The normalized spacial score (nSPS) is 12.7. The standard InChI is InChI=1S/C18H29F2N3O3.HI/c1-4-21-18(22-10-5-11-25-13(2)3)23-12-16(24)14-6-8-15(9-7-14)26-17(19)20;/h6-9,13,16-17,24H,4-5,10-12H2,1-3H3,(H2,21,22,23);1H. The number of nitrogens with zero attached hydrogens (tertiary/aromatic N) is 1. The molecule has 0 saturated carbocycles. The van der Waals surface area contributed by atoms with E-state index in [9.17, 15) is 13.9 Å². The second kappa shape index (κ2) is 14.8. The smallest absolute Gasteiger partial charge is 0.387 e. The minimum absolute atomic E-state index is 0. The van der Waals surface area contributed by atoms with Crippen molar-refractivity contribution in [2.75, 3.05) is 26.2 Å². The molecule has 1 aromatic rings. The number of guanidine groups is 1. The number of halogens is 3. The van der Waals surface area contributed by atoms with E-state index in [1.54, 1.807) is 12.1 Å². The molecule has 1 aromatic carbocycles. The number of alkyl halides is 2. The van der Waals surface area contributed by atoms with E-state index in [1.807, 2.05) is 20.8 Å². The number of nitrogens with one attached hydrogen (secondary N) is 2. The van der Waals surface area contributed by atoms with E-state index in [0.29, 0.717) is 31.2 Å². The van der Waals surface area contributed by atoms with E-state index >= 15 is 0 Å². The lowest BCUT2D eigenvalue weighted by Gasteiger charge is -2.14. The van der Waals surface area contributed by atoms with Gasteiger partial charge in [0.2, 0.25) is 0 Å². The number of rotatable bonds is 11. The summed E-state index contributed by atoms with van der Waals surface area (Å²) in [4.78, 5) is 4.35. The Morgan fingerprint density at radius 3 is 2.41 bits per heavy atom. The van der Waals surface area contributed by atoms with Gasteiger partial charge in [0.1, 0.15) is 5.75 Å². The molecular weight excluding hydrogens is 471 g/mol. The Morgan fingerprint density at radius 2 is 1.85 bits per heavy atom. The van der Waals surface area contributed by atoms with Crippen molar-refractivity contribution in [1.82, 2.24) is 10.6 Å². The van der Waals surface area contributed by atoms with Crippen molar-refractivity contribution >= 4 is 29.9 Å². The molecule has 0 aliphatic carbocycles. The lowest BCUT2D eigenvalue weighted by Crippen LogP contribution is -2.38. The van der Waals surface area contributed by atoms with Crippen molar-refractivity contribution < 1.29 is 23.4 Å². The van der Waals surface area contributed by atoms with Gasteiger partial charge in [-0.15, -0.1) is 24.0 Å². The van der Waals surface area contributed by atoms with E-state index in [-0.39, 0.29) is 42.4 Å². The number of hydrogen-bond acceptors (Lipinski definition) is 4. The molecule has 156 valence electrons. The summed E-state index contributed by atoms with van der Waals surface area (Å²) in [6.07, 6.45) is 0.219. The molecule has 0 aliphatic heterocycles. The Morgan fingerprint density at radius 1 is 1.19 bits per heavy atom. The number of ether oxygens (including phenoxy) is 2. The first-order valence-electron chi connectivity index (χ1n) is 8.79. The Balaban J connectivity index is 0.00000676. The first kappa shape index (κ1) is 25.8. The van der Waals surface area contributed by atoms with Crippen LogP contribution < -0.4 is 15.4 Å². The summed E-state index contributed by atoms with van der Waals surface area (Å²) in [7, 11) is 0. The van der Waals surface area contributed by atoms with E-state index in [1.165, 1.54) is 12.1 Å². The van der Waals surface area contributed by atoms with Gasteiger partial charge < -0.3 is 25.2 Å². The fraction of sp³-hybridized carbons (Fsp3) is 0.611. The van der Waals surface area contributed by atoms with Crippen molar-refractivity contribution in [2.45, 2.75) is 46.0 Å². The molecule has 0 spiro atoms. The molecule has 0 heterocycles. The van der Waals surface area contributed by atoms with E-state index in [0.717, 1.165) is 6.42 Å². The van der Waals surface area contributed by atoms with Gasteiger partial charge in [0.05, 0.1) is 18.8 Å². The average molecular weight is 501 g/mol. The van der Waals surface area contributed by atoms with Gasteiger partial charge in [-0.2, -0.15) is 8.78 Å². The van der Waals surface area contributed by atoms with Crippen LogP contribution in [0.4, 0.5) is 8.78 Å². The highest BCUT2D eigenvalue weighted by Gasteiger charge is 2.09. The monoisotopic (exact) mass is 501 g/mol. The predicted octanol–water partition coefficient (Wildman–Crippen LogP) is 3.31. The minimum atomic E-state index is -2.87. The molecule has 9 heteroatoms. The molecule has 0 amide bonds. The summed E-state index contributed by atoms with van der Waals surface area (Å²) < 4.78 is 34.0. The van der Waals surface area contributed by atoms with Crippen molar-refractivity contribution in [3.63, 3.8) is 0 Å². The molecule has 0 fully saturated rings. The van der Waals surface area contributed by atoms with E-state index < -0.39 is 12.7 Å². The summed E-state index contributed by atoms with van der Waals surface area (Å²) in [6.45, 7) is 5.29. The van der Waals surface area contributed by atoms with Crippen LogP contribution in [-0.4, -0.2) is 50.0 Å². The molecule has 0 saturated heterocycles. The second-order valence-corrected chi connectivity index (χ2v) is 5.88. The lowest BCUT2D eigenvalue weighted by molar-refractivity contribution is -0.0498. The fourth-order valence-corrected chi connectivity index (χ4v) is 2.09. The highest BCUT2D eigenvalue weighted by atomic mass is 127. The minimum Gasteiger partial charge on any atom is -0.435 e. The topological polar surface area (TPSA) is 75.1 Å². The maximum atomic E-state index is 12.1. The summed E-state index contributed by atoms with van der Waals surface area (Å²) in [5.74, 6) is 0.659. The van der Waals surface area contributed by atoms with Crippen LogP contribution in [0.5, 0.6) is 5.75 Å². The Bertz CT molecular complexity index is 531. The predicted molar refractivity (Wildman–Crippen MR) is 113 cm³/mol. The van der Waals surface area contributed by atoms with Gasteiger partial charge in [-0.25, -0.2) is 0 Å². The molecule has 0 aromatic heterocycles. The van der Waals surface area contributed by atoms with Crippen LogP contribution in [0, 0.1) is 0 Å². The Kier molecular flexibility index (Phi) is 14.2. The van der Waals surface area contributed by atoms with Crippen LogP contribution in [-0.2, 0) is 4.74 Å². The van der Waals surface area contributed by atoms with Gasteiger partial charge in [0.15, 0.2) is 5.96 Å². The van der Waals surface area contributed by atoms with Crippen LogP contribution in [0.25, 0.3) is 0 Å². The second-order valence-electron chi connectivity index (χ2n) is 5.88. The average Bonchev–Trinajstić information content (AvgIpc) is 2.58. The maximum absolute atomic E-state index is 12.1. The highest BCUT2D eigenvalue weighted by molar-refractivity contribution is 14.0. The highest BCUT2D eigenvalue weighted by Crippen LogP contribution is 2.19. The van der Waals surface area contributed by atoms with Crippen LogP contribution >= 0.6 is 24.0 Å². The lowest BCUT2D eigenvalue weighted by atomic mass is 10.1. The molecule has 0 bridgehead atoms. The zero-order valence-electron chi connectivity index (χ0n) is 16.0. The number of benzene rings is 1. The van der Waals surface area contributed by atoms with Crippen LogP contribution in [0.2, 0.25) is 0 Å². The molecule has 1 rings (SSSR count). The molecular formula is C18H30F2IN3O3. The van der Waals surface area contributed by atoms with Gasteiger partial charge in [-0.3, -0.25) is 4.99 Å². The third kappa shape index (κ3) is 12.0. The van der Waals surface area contributed by atoms with Gasteiger partial charge in [-0.1, -0.05) is 12.1 Å². The molecule has 1 atom stereocenters. The Hall–Kier alpha value is -1.20. The summed E-state index contributed by atoms with van der Waals surface area (Å²) >= 11 is 0. The van der Waals surface area contributed by atoms with Crippen molar-refractivity contribution in [2.24, 2.45) is 4.99 Å². The Labute approximate surface area is 176 Å². The third-order valence-electron chi connectivity index (χ3n) is 3.32. The summed E-state index contributed by atoms with van der Waals surface area (Å²) in [5.41, 5.74) is 0.580. The van der Waals surface area contributed by atoms with Crippen molar-refractivity contribution in [3.05, 3.63) is 29.8 Å². The molecule has 1 unspecified atom stereocenters. The molecule has 0 aliphatic rings. The summed E-state index contributed by atoms with van der Waals surface area (Å²) in [5, 5.41) is 16.5. The quantitative estimate of drug-likeness (QED) is 0.188. The van der Waals surface area contributed by atoms with Gasteiger partial charge in [0, 0.05) is 19.7 Å². The first-order valence-corrected chi connectivity index (χ1v) is 8.79. The van der Waals surface area contributed by atoms with Gasteiger partial charge in [-0.05, 0) is 44.9 Å². The zero-order chi connectivity index (χ0) is 19.4. The van der Waals surface area contributed by atoms with Gasteiger partial charge >= 0.3 is 6.61 Å². The van der Waals surface area contributed by atoms with E-state index in [4.69, 9.17) is 4.74 Å². The zero-order valence-corrected chi connectivity index (χ0v) is 18.3. The molecule has 0 radical (unpaired) electrons. The third-order valence-corrected chi connectivity index (χ3v) is 3.32. The fourth-order valence-electron chi connectivity index (χ4n) is 2.09. The van der Waals surface area contributed by atoms with Crippen molar-refractivity contribution in [3.8, 4) is 5.75 Å². The maximum Gasteiger partial charge on any atom is 0.387 e. The van der Waals surface area contributed by atoms with Crippen LogP contribution in [0.1, 0.15) is 38.9 Å². The van der Waals surface area contributed by atoms with Gasteiger partial charge in [0.25, 0.3) is 0 Å². The number of hydrogen-bond donors (Lipinski definition) is 3. The number of aliphatic imine (C=N–C) groups is 1. The first-order chi connectivity index (χ1) is 12.4. The van der Waals surface area contributed by atoms with E-state index in [2.05, 4.69) is 20.4 Å². The number of aliphatic hydroxyl groups is 1.